The fraction of sp³-hybridized carbons (Fsp3) is 0.391. The quantitative estimate of drug-likeness (QED) is 0.780. The SMILES string of the molecule is Cc1cccc(C(=O)NCCC2CCN(C(=O)Nc3ccc(C)c(F)c3)CC2)c1. The fourth-order valence-corrected chi connectivity index (χ4v) is 3.58. The van der Waals surface area contributed by atoms with Crippen molar-refractivity contribution in [1.29, 1.82) is 0 Å². The number of piperidine rings is 1. The van der Waals surface area contributed by atoms with Crippen molar-refractivity contribution < 1.29 is 14.0 Å². The van der Waals surface area contributed by atoms with Gasteiger partial charge in [0.15, 0.2) is 0 Å². The van der Waals surface area contributed by atoms with Gasteiger partial charge in [0.1, 0.15) is 5.82 Å². The van der Waals surface area contributed by atoms with Crippen molar-refractivity contribution in [3.05, 3.63) is 65.0 Å². The molecule has 2 aromatic carbocycles. The molecule has 0 atom stereocenters. The summed E-state index contributed by atoms with van der Waals surface area (Å²) in [6.07, 6.45) is 2.70. The Morgan fingerprint density at radius 2 is 1.86 bits per heavy atom. The molecule has 0 bridgehead atoms. The third kappa shape index (κ3) is 5.79. The zero-order valence-electron chi connectivity index (χ0n) is 17.0. The van der Waals surface area contributed by atoms with E-state index < -0.39 is 0 Å². The molecule has 0 saturated carbocycles. The molecule has 0 radical (unpaired) electrons. The highest BCUT2D eigenvalue weighted by atomic mass is 19.1. The normalized spacial score (nSPS) is 14.5. The molecule has 2 aromatic rings. The number of nitrogens with zero attached hydrogens (tertiary/aromatic N) is 1. The summed E-state index contributed by atoms with van der Waals surface area (Å²) in [6.45, 7) is 5.62. The highest BCUT2D eigenvalue weighted by Gasteiger charge is 2.23. The lowest BCUT2D eigenvalue weighted by atomic mass is 9.93. The first kappa shape index (κ1) is 20.8. The van der Waals surface area contributed by atoms with E-state index in [9.17, 15) is 14.0 Å². The number of halogens is 1. The van der Waals surface area contributed by atoms with Crippen molar-refractivity contribution in [3.63, 3.8) is 0 Å². The van der Waals surface area contributed by atoms with Crippen LogP contribution in [0, 0.1) is 25.6 Å². The molecular formula is C23H28FN3O2. The van der Waals surface area contributed by atoms with Gasteiger partial charge in [-0.05, 0) is 68.9 Å². The smallest absolute Gasteiger partial charge is 0.321 e. The van der Waals surface area contributed by atoms with Gasteiger partial charge in [0.05, 0.1) is 0 Å². The minimum absolute atomic E-state index is 0.0455. The Labute approximate surface area is 171 Å². The van der Waals surface area contributed by atoms with Crippen LogP contribution >= 0.6 is 0 Å². The molecule has 0 aliphatic carbocycles. The molecule has 6 heteroatoms. The summed E-state index contributed by atoms with van der Waals surface area (Å²) < 4.78 is 13.6. The molecule has 0 spiro atoms. The van der Waals surface area contributed by atoms with Crippen LogP contribution in [0.5, 0.6) is 0 Å². The number of amides is 3. The van der Waals surface area contributed by atoms with Gasteiger partial charge in [0.2, 0.25) is 0 Å². The van der Waals surface area contributed by atoms with Gasteiger partial charge in [-0.3, -0.25) is 4.79 Å². The Balaban J connectivity index is 1.39. The highest BCUT2D eigenvalue weighted by molar-refractivity contribution is 5.94. The Kier molecular flexibility index (Phi) is 6.86. The molecule has 1 saturated heterocycles. The van der Waals surface area contributed by atoms with Crippen molar-refractivity contribution in [2.45, 2.75) is 33.1 Å². The Morgan fingerprint density at radius 1 is 1.10 bits per heavy atom. The maximum Gasteiger partial charge on any atom is 0.321 e. The Hall–Kier alpha value is -2.89. The summed E-state index contributed by atoms with van der Waals surface area (Å²) in [4.78, 5) is 26.4. The molecule has 1 aliphatic rings. The summed E-state index contributed by atoms with van der Waals surface area (Å²) in [5, 5.41) is 5.75. The van der Waals surface area contributed by atoms with E-state index in [-0.39, 0.29) is 17.8 Å². The molecule has 0 aromatic heterocycles. The van der Waals surface area contributed by atoms with E-state index in [1.165, 1.54) is 6.07 Å². The summed E-state index contributed by atoms with van der Waals surface area (Å²) in [5.41, 5.74) is 2.78. The average molecular weight is 397 g/mol. The van der Waals surface area contributed by atoms with Gasteiger partial charge in [-0.15, -0.1) is 0 Å². The zero-order chi connectivity index (χ0) is 20.8. The van der Waals surface area contributed by atoms with Gasteiger partial charge in [0.25, 0.3) is 5.91 Å². The summed E-state index contributed by atoms with van der Waals surface area (Å²) in [6, 6.07) is 12.1. The largest absolute Gasteiger partial charge is 0.352 e. The first-order chi connectivity index (χ1) is 13.9. The maximum absolute atomic E-state index is 13.6. The van der Waals surface area contributed by atoms with Gasteiger partial charge >= 0.3 is 6.03 Å². The van der Waals surface area contributed by atoms with E-state index in [0.717, 1.165) is 24.8 Å². The van der Waals surface area contributed by atoms with E-state index in [2.05, 4.69) is 10.6 Å². The van der Waals surface area contributed by atoms with E-state index in [1.54, 1.807) is 24.0 Å². The number of anilines is 1. The van der Waals surface area contributed by atoms with Crippen LogP contribution in [0.25, 0.3) is 0 Å². The van der Waals surface area contributed by atoms with Crippen LogP contribution in [-0.4, -0.2) is 36.5 Å². The van der Waals surface area contributed by atoms with Crippen LogP contribution in [0.4, 0.5) is 14.9 Å². The molecule has 29 heavy (non-hydrogen) atoms. The number of urea groups is 1. The highest BCUT2D eigenvalue weighted by Crippen LogP contribution is 2.21. The molecule has 0 unspecified atom stereocenters. The third-order valence-corrected chi connectivity index (χ3v) is 5.44. The predicted molar refractivity (Wildman–Crippen MR) is 113 cm³/mol. The third-order valence-electron chi connectivity index (χ3n) is 5.44. The van der Waals surface area contributed by atoms with E-state index >= 15 is 0 Å². The molecule has 2 N–H and O–H groups in total. The van der Waals surface area contributed by atoms with Crippen LogP contribution in [0.2, 0.25) is 0 Å². The van der Waals surface area contributed by atoms with Crippen molar-refractivity contribution in [1.82, 2.24) is 10.2 Å². The number of carbonyl (C=O) groups is 2. The van der Waals surface area contributed by atoms with Crippen molar-refractivity contribution in [2.75, 3.05) is 25.0 Å². The van der Waals surface area contributed by atoms with Gasteiger partial charge in [-0.2, -0.15) is 0 Å². The minimum Gasteiger partial charge on any atom is -0.352 e. The second-order valence-corrected chi connectivity index (χ2v) is 7.74. The fourth-order valence-electron chi connectivity index (χ4n) is 3.58. The number of carbonyl (C=O) groups excluding carboxylic acids is 2. The topological polar surface area (TPSA) is 61.4 Å². The lowest BCUT2D eigenvalue weighted by Crippen LogP contribution is -2.41. The van der Waals surface area contributed by atoms with Crippen LogP contribution in [0.15, 0.2) is 42.5 Å². The first-order valence-electron chi connectivity index (χ1n) is 10.1. The molecule has 1 aliphatic heterocycles. The number of hydrogen-bond acceptors (Lipinski definition) is 2. The lowest BCUT2D eigenvalue weighted by Gasteiger charge is -2.32. The molecule has 3 rings (SSSR count). The molecule has 5 nitrogen and oxygen atoms in total. The average Bonchev–Trinajstić information content (AvgIpc) is 2.71. The standard InChI is InChI=1S/C23H28FN3O2/c1-16-4-3-5-19(14-16)22(28)25-11-8-18-9-12-27(13-10-18)23(29)26-20-7-6-17(2)21(24)15-20/h3-7,14-15,18H,8-13H2,1-2H3,(H,25,28)(H,26,29). The second kappa shape index (κ2) is 9.54. The maximum atomic E-state index is 13.6. The molecule has 1 fully saturated rings. The van der Waals surface area contributed by atoms with Crippen LogP contribution < -0.4 is 10.6 Å². The molecule has 154 valence electrons. The summed E-state index contributed by atoms with van der Waals surface area (Å²) in [5.74, 6) is 0.110. The Morgan fingerprint density at radius 3 is 2.55 bits per heavy atom. The summed E-state index contributed by atoms with van der Waals surface area (Å²) in [7, 11) is 0. The number of benzene rings is 2. The number of likely N-dealkylation sites (tertiary alicyclic amines) is 1. The number of nitrogens with one attached hydrogen (secondary N) is 2. The van der Waals surface area contributed by atoms with Crippen LogP contribution in [0.1, 0.15) is 40.7 Å². The number of aryl methyl sites for hydroxylation is 2. The molecule has 1 heterocycles. The zero-order valence-corrected chi connectivity index (χ0v) is 17.0. The first-order valence-corrected chi connectivity index (χ1v) is 10.1. The van der Waals surface area contributed by atoms with E-state index in [0.29, 0.717) is 42.4 Å². The predicted octanol–water partition coefficient (Wildman–Crippen LogP) is 4.51. The van der Waals surface area contributed by atoms with Crippen molar-refractivity contribution in [2.24, 2.45) is 5.92 Å². The Bertz CT molecular complexity index is 876. The number of rotatable bonds is 5. The molecular weight excluding hydrogens is 369 g/mol. The van der Waals surface area contributed by atoms with Crippen LogP contribution in [0.3, 0.4) is 0 Å². The molecule has 3 amide bonds. The van der Waals surface area contributed by atoms with E-state index in [1.807, 2.05) is 31.2 Å². The van der Waals surface area contributed by atoms with Gasteiger partial charge in [-0.25, -0.2) is 9.18 Å². The lowest BCUT2D eigenvalue weighted by molar-refractivity contribution is 0.0949. The van der Waals surface area contributed by atoms with Crippen molar-refractivity contribution >= 4 is 17.6 Å². The van der Waals surface area contributed by atoms with Gasteiger partial charge < -0.3 is 15.5 Å². The van der Waals surface area contributed by atoms with Gasteiger partial charge in [-0.1, -0.05) is 23.8 Å². The van der Waals surface area contributed by atoms with Gasteiger partial charge in [0, 0.05) is 30.9 Å². The monoisotopic (exact) mass is 397 g/mol. The van der Waals surface area contributed by atoms with Crippen LogP contribution in [-0.2, 0) is 0 Å². The van der Waals surface area contributed by atoms with E-state index in [4.69, 9.17) is 0 Å². The second-order valence-electron chi connectivity index (χ2n) is 7.74. The number of hydrogen-bond donors (Lipinski definition) is 2. The van der Waals surface area contributed by atoms with Crippen molar-refractivity contribution in [3.8, 4) is 0 Å². The minimum atomic E-state index is -0.325. The summed E-state index contributed by atoms with van der Waals surface area (Å²) >= 11 is 0.